The van der Waals surface area contributed by atoms with Crippen molar-refractivity contribution in [2.24, 2.45) is 0 Å². The van der Waals surface area contributed by atoms with E-state index < -0.39 is 0 Å². The first kappa shape index (κ1) is 14.2. The van der Waals surface area contributed by atoms with Crippen LogP contribution in [-0.4, -0.2) is 5.11 Å². The Hall–Kier alpha value is -1.71. The minimum Gasteiger partial charge on any atom is -0.507 e. The standard InChI is InChI=1S/C17H13BrClNO/c18-14-8-7-11(9-15(14)19)10-20-16-5-1-4-13-12(16)3-2-6-17(13)21/h1-9,20-21H,10H2. The van der Waals surface area contributed by atoms with Crippen LogP contribution in [0.5, 0.6) is 5.75 Å². The smallest absolute Gasteiger partial charge is 0.123 e. The third-order valence-electron chi connectivity index (χ3n) is 3.37. The predicted molar refractivity (Wildman–Crippen MR) is 92.1 cm³/mol. The van der Waals surface area contributed by atoms with Crippen molar-refractivity contribution in [3.05, 3.63) is 69.7 Å². The van der Waals surface area contributed by atoms with Gasteiger partial charge in [0.25, 0.3) is 0 Å². The predicted octanol–water partition coefficient (Wildman–Crippen LogP) is 5.57. The van der Waals surface area contributed by atoms with Crippen molar-refractivity contribution in [1.82, 2.24) is 0 Å². The Morgan fingerprint density at radius 3 is 2.57 bits per heavy atom. The van der Waals surface area contributed by atoms with E-state index in [4.69, 9.17) is 11.6 Å². The fraction of sp³-hybridized carbons (Fsp3) is 0.0588. The fourth-order valence-corrected chi connectivity index (χ4v) is 2.74. The SMILES string of the molecule is Oc1cccc2c(NCc3ccc(Br)c(Cl)c3)cccc12. The van der Waals surface area contributed by atoms with E-state index in [1.165, 1.54) is 0 Å². The number of fused-ring (bicyclic) bond motifs is 1. The van der Waals surface area contributed by atoms with Gasteiger partial charge in [0.15, 0.2) is 0 Å². The van der Waals surface area contributed by atoms with Crippen LogP contribution in [0.1, 0.15) is 5.56 Å². The Kier molecular flexibility index (Phi) is 4.04. The lowest BCUT2D eigenvalue weighted by Crippen LogP contribution is -2.00. The summed E-state index contributed by atoms with van der Waals surface area (Å²) >= 11 is 9.49. The van der Waals surface area contributed by atoms with Crippen LogP contribution in [0.4, 0.5) is 5.69 Å². The lowest BCUT2D eigenvalue weighted by molar-refractivity contribution is 0.481. The van der Waals surface area contributed by atoms with Crippen LogP contribution in [0.3, 0.4) is 0 Å². The molecule has 2 N–H and O–H groups in total. The zero-order chi connectivity index (χ0) is 14.8. The summed E-state index contributed by atoms with van der Waals surface area (Å²) in [7, 11) is 0. The summed E-state index contributed by atoms with van der Waals surface area (Å²) in [5.74, 6) is 0.294. The van der Waals surface area contributed by atoms with Crippen LogP contribution >= 0.6 is 27.5 Å². The Bertz CT molecular complexity index is 804. The molecule has 21 heavy (non-hydrogen) atoms. The molecule has 0 amide bonds. The van der Waals surface area contributed by atoms with E-state index in [1.807, 2.05) is 48.5 Å². The second-order valence-electron chi connectivity index (χ2n) is 4.78. The first-order chi connectivity index (χ1) is 10.1. The van der Waals surface area contributed by atoms with Gasteiger partial charge in [-0.15, -0.1) is 0 Å². The van der Waals surface area contributed by atoms with Crippen LogP contribution in [0.15, 0.2) is 59.1 Å². The number of benzene rings is 3. The molecule has 0 aliphatic heterocycles. The molecule has 0 spiro atoms. The summed E-state index contributed by atoms with van der Waals surface area (Å²) in [6.07, 6.45) is 0. The van der Waals surface area contributed by atoms with E-state index in [9.17, 15) is 5.11 Å². The topological polar surface area (TPSA) is 32.3 Å². The van der Waals surface area contributed by atoms with Crippen molar-refractivity contribution in [2.45, 2.75) is 6.54 Å². The number of phenols is 1. The van der Waals surface area contributed by atoms with Gasteiger partial charge in [0, 0.05) is 27.5 Å². The molecular weight excluding hydrogens is 350 g/mol. The van der Waals surface area contributed by atoms with E-state index in [-0.39, 0.29) is 0 Å². The van der Waals surface area contributed by atoms with E-state index in [1.54, 1.807) is 6.07 Å². The van der Waals surface area contributed by atoms with Gasteiger partial charge in [-0.05, 0) is 45.8 Å². The van der Waals surface area contributed by atoms with Crippen molar-refractivity contribution >= 4 is 44.0 Å². The molecule has 0 fully saturated rings. The van der Waals surface area contributed by atoms with Gasteiger partial charge < -0.3 is 10.4 Å². The lowest BCUT2D eigenvalue weighted by atomic mass is 10.1. The van der Waals surface area contributed by atoms with Gasteiger partial charge in [-0.25, -0.2) is 0 Å². The average Bonchev–Trinajstić information content (AvgIpc) is 2.49. The van der Waals surface area contributed by atoms with Crippen LogP contribution in [0, 0.1) is 0 Å². The molecule has 4 heteroatoms. The van der Waals surface area contributed by atoms with Crippen molar-refractivity contribution in [3.63, 3.8) is 0 Å². The molecule has 0 saturated heterocycles. The minimum atomic E-state index is 0.294. The van der Waals surface area contributed by atoms with Crippen molar-refractivity contribution in [3.8, 4) is 5.75 Å². The van der Waals surface area contributed by atoms with Gasteiger partial charge in [0.05, 0.1) is 5.02 Å². The zero-order valence-corrected chi connectivity index (χ0v) is 13.4. The molecule has 0 saturated carbocycles. The largest absolute Gasteiger partial charge is 0.507 e. The molecule has 0 radical (unpaired) electrons. The first-order valence-electron chi connectivity index (χ1n) is 6.53. The number of anilines is 1. The zero-order valence-electron chi connectivity index (χ0n) is 11.1. The number of hydrogen-bond acceptors (Lipinski definition) is 2. The van der Waals surface area contributed by atoms with Gasteiger partial charge in [0.1, 0.15) is 5.75 Å². The molecule has 106 valence electrons. The summed E-state index contributed by atoms with van der Waals surface area (Å²) in [6, 6.07) is 17.3. The number of halogens is 2. The molecule has 0 aromatic heterocycles. The summed E-state index contributed by atoms with van der Waals surface area (Å²) in [5, 5.41) is 15.8. The highest BCUT2D eigenvalue weighted by atomic mass is 79.9. The molecule has 0 unspecified atom stereocenters. The number of phenolic OH excluding ortho intramolecular Hbond substituents is 1. The van der Waals surface area contributed by atoms with E-state index in [2.05, 4.69) is 21.2 Å². The van der Waals surface area contributed by atoms with Crippen LogP contribution in [0.2, 0.25) is 5.02 Å². The first-order valence-corrected chi connectivity index (χ1v) is 7.71. The monoisotopic (exact) mass is 361 g/mol. The van der Waals surface area contributed by atoms with Gasteiger partial charge in [-0.1, -0.05) is 41.9 Å². The highest BCUT2D eigenvalue weighted by Crippen LogP contribution is 2.30. The van der Waals surface area contributed by atoms with E-state index in [0.29, 0.717) is 17.3 Å². The second kappa shape index (κ2) is 5.96. The number of aromatic hydroxyl groups is 1. The molecule has 0 atom stereocenters. The number of nitrogens with one attached hydrogen (secondary N) is 1. The minimum absolute atomic E-state index is 0.294. The van der Waals surface area contributed by atoms with Gasteiger partial charge in [-0.2, -0.15) is 0 Å². The maximum absolute atomic E-state index is 9.90. The molecular formula is C17H13BrClNO. The molecule has 3 aromatic carbocycles. The van der Waals surface area contributed by atoms with Gasteiger partial charge in [0.2, 0.25) is 0 Å². The van der Waals surface area contributed by atoms with Crippen LogP contribution < -0.4 is 5.32 Å². The normalized spacial score (nSPS) is 10.8. The Morgan fingerprint density at radius 2 is 1.76 bits per heavy atom. The molecule has 3 rings (SSSR count). The van der Waals surface area contributed by atoms with Gasteiger partial charge in [-0.3, -0.25) is 0 Å². The fourth-order valence-electron chi connectivity index (χ4n) is 2.29. The van der Waals surface area contributed by atoms with E-state index >= 15 is 0 Å². The molecule has 0 aliphatic carbocycles. The van der Waals surface area contributed by atoms with Crippen LogP contribution in [-0.2, 0) is 6.54 Å². The Balaban J connectivity index is 1.88. The average molecular weight is 363 g/mol. The maximum atomic E-state index is 9.90. The molecule has 0 bridgehead atoms. The maximum Gasteiger partial charge on any atom is 0.123 e. The summed E-state index contributed by atoms with van der Waals surface area (Å²) < 4.78 is 0.892. The molecule has 2 nitrogen and oxygen atoms in total. The Labute approximate surface area is 136 Å². The third kappa shape index (κ3) is 2.99. The van der Waals surface area contributed by atoms with E-state index in [0.717, 1.165) is 26.5 Å². The summed E-state index contributed by atoms with van der Waals surface area (Å²) in [6.45, 7) is 0.668. The third-order valence-corrected chi connectivity index (χ3v) is 4.60. The molecule has 3 aromatic rings. The van der Waals surface area contributed by atoms with Crippen molar-refractivity contribution in [1.29, 1.82) is 0 Å². The lowest BCUT2D eigenvalue weighted by Gasteiger charge is -2.11. The summed E-state index contributed by atoms with van der Waals surface area (Å²) in [4.78, 5) is 0. The van der Waals surface area contributed by atoms with Crippen molar-refractivity contribution < 1.29 is 5.11 Å². The highest BCUT2D eigenvalue weighted by molar-refractivity contribution is 9.10. The Morgan fingerprint density at radius 1 is 1.00 bits per heavy atom. The highest BCUT2D eigenvalue weighted by Gasteiger charge is 2.04. The van der Waals surface area contributed by atoms with Gasteiger partial charge >= 0.3 is 0 Å². The van der Waals surface area contributed by atoms with Crippen molar-refractivity contribution in [2.75, 3.05) is 5.32 Å². The quantitative estimate of drug-likeness (QED) is 0.638. The molecule has 0 heterocycles. The second-order valence-corrected chi connectivity index (χ2v) is 6.04. The molecule has 0 aliphatic rings. The van der Waals surface area contributed by atoms with Crippen LogP contribution in [0.25, 0.3) is 10.8 Å². The summed E-state index contributed by atoms with van der Waals surface area (Å²) in [5.41, 5.74) is 2.09. The number of rotatable bonds is 3. The number of hydrogen-bond donors (Lipinski definition) is 2.